The number of thioether (sulfide) groups is 1. The second kappa shape index (κ2) is 5.96. The van der Waals surface area contributed by atoms with Gasteiger partial charge in [-0.3, -0.25) is 9.69 Å². The summed E-state index contributed by atoms with van der Waals surface area (Å²) in [4.78, 5) is 18.7. The van der Waals surface area contributed by atoms with E-state index in [0.29, 0.717) is 10.0 Å². The van der Waals surface area contributed by atoms with Gasteiger partial charge in [-0.1, -0.05) is 41.4 Å². The van der Waals surface area contributed by atoms with E-state index in [2.05, 4.69) is 4.99 Å². The molecule has 0 N–H and O–H groups in total. The van der Waals surface area contributed by atoms with Crippen LogP contribution in [0, 0.1) is 5.92 Å². The molecular formula is C14H14Cl2N2OS. The topological polar surface area (TPSA) is 32.7 Å². The fourth-order valence-electron chi connectivity index (χ4n) is 2.24. The maximum Gasteiger partial charge on any atom is 0.231 e. The quantitative estimate of drug-likeness (QED) is 0.808. The van der Waals surface area contributed by atoms with E-state index in [1.54, 1.807) is 23.9 Å². The minimum atomic E-state index is 0.202. The first-order valence-corrected chi connectivity index (χ1v) is 8.37. The van der Waals surface area contributed by atoms with Crippen LogP contribution in [0.25, 0.3) is 0 Å². The summed E-state index contributed by atoms with van der Waals surface area (Å²) in [5.41, 5.74) is 0.732. The minimum absolute atomic E-state index is 0.202. The Morgan fingerprint density at radius 2 is 2.10 bits per heavy atom. The number of amides is 1. The molecule has 0 bridgehead atoms. The Morgan fingerprint density at radius 1 is 1.30 bits per heavy atom. The monoisotopic (exact) mass is 328 g/mol. The van der Waals surface area contributed by atoms with Crippen LogP contribution < -0.4 is 0 Å². The summed E-state index contributed by atoms with van der Waals surface area (Å²) >= 11 is 13.5. The molecule has 1 heterocycles. The van der Waals surface area contributed by atoms with Crippen LogP contribution in [-0.4, -0.2) is 28.3 Å². The number of hydrogen-bond acceptors (Lipinski definition) is 3. The summed E-state index contributed by atoms with van der Waals surface area (Å²) in [6, 6.07) is 5.26. The summed E-state index contributed by atoms with van der Waals surface area (Å²) in [6.07, 6.45) is 3.19. The van der Waals surface area contributed by atoms with Crippen molar-refractivity contribution in [3.63, 3.8) is 0 Å². The highest BCUT2D eigenvalue weighted by molar-refractivity contribution is 8.14. The molecule has 1 saturated heterocycles. The number of carbonyl (C=O) groups is 1. The second-order valence-corrected chi connectivity index (χ2v) is 6.84. The highest BCUT2D eigenvalue weighted by Crippen LogP contribution is 2.33. The van der Waals surface area contributed by atoms with Crippen LogP contribution in [0.15, 0.2) is 23.2 Å². The van der Waals surface area contributed by atoms with Gasteiger partial charge in [0.1, 0.15) is 0 Å². The Balaban J connectivity index is 1.81. The summed E-state index contributed by atoms with van der Waals surface area (Å²) in [5.74, 6) is 1.33. The molecule has 6 heteroatoms. The van der Waals surface area contributed by atoms with Crippen LogP contribution in [0.4, 0.5) is 5.69 Å². The number of amidine groups is 1. The molecular weight excluding hydrogens is 315 g/mol. The lowest BCUT2D eigenvalue weighted by Crippen LogP contribution is -2.39. The van der Waals surface area contributed by atoms with E-state index in [1.165, 1.54) is 0 Å². The number of benzene rings is 1. The molecule has 2 fully saturated rings. The van der Waals surface area contributed by atoms with Crippen molar-refractivity contribution in [2.75, 3.05) is 12.3 Å². The zero-order chi connectivity index (χ0) is 14.1. The van der Waals surface area contributed by atoms with Gasteiger partial charge < -0.3 is 0 Å². The molecule has 1 aromatic carbocycles. The normalized spacial score (nSPS) is 21.3. The smallest absolute Gasteiger partial charge is 0.231 e. The first kappa shape index (κ1) is 14.2. The molecule has 3 nitrogen and oxygen atoms in total. The summed E-state index contributed by atoms with van der Waals surface area (Å²) < 4.78 is 0. The number of hydrogen-bond donors (Lipinski definition) is 0. The Bertz CT molecular complexity index is 572. The van der Waals surface area contributed by atoms with E-state index >= 15 is 0 Å². The first-order chi connectivity index (χ1) is 9.65. The summed E-state index contributed by atoms with van der Waals surface area (Å²) in [6.45, 7) is 0.750. The highest BCUT2D eigenvalue weighted by Gasteiger charge is 2.34. The third-order valence-electron chi connectivity index (χ3n) is 3.63. The zero-order valence-electron chi connectivity index (χ0n) is 10.8. The van der Waals surface area contributed by atoms with Crippen LogP contribution in [0.2, 0.25) is 10.0 Å². The lowest BCUT2D eigenvalue weighted by Gasteiger charge is -2.28. The molecule has 1 saturated carbocycles. The Morgan fingerprint density at radius 3 is 2.75 bits per heavy atom. The summed E-state index contributed by atoms with van der Waals surface area (Å²) in [7, 11) is 0. The Kier molecular flexibility index (Phi) is 4.24. The van der Waals surface area contributed by atoms with Gasteiger partial charge in [0.05, 0.1) is 15.7 Å². The van der Waals surface area contributed by atoms with Gasteiger partial charge in [-0.15, -0.1) is 0 Å². The van der Waals surface area contributed by atoms with E-state index in [4.69, 9.17) is 23.2 Å². The van der Waals surface area contributed by atoms with E-state index in [0.717, 1.165) is 42.4 Å². The average Bonchev–Trinajstić information content (AvgIpc) is 2.80. The number of aliphatic imine (C=N–C) groups is 1. The molecule has 106 valence electrons. The molecule has 20 heavy (non-hydrogen) atoms. The van der Waals surface area contributed by atoms with Gasteiger partial charge in [0.15, 0.2) is 5.17 Å². The van der Waals surface area contributed by atoms with Crippen molar-refractivity contribution >= 4 is 51.7 Å². The van der Waals surface area contributed by atoms with Crippen molar-refractivity contribution in [1.29, 1.82) is 0 Å². The number of halogens is 2. The van der Waals surface area contributed by atoms with E-state index in [-0.39, 0.29) is 11.8 Å². The van der Waals surface area contributed by atoms with Crippen LogP contribution in [0.3, 0.4) is 0 Å². The highest BCUT2D eigenvalue weighted by atomic mass is 35.5. The first-order valence-electron chi connectivity index (χ1n) is 6.63. The summed E-state index contributed by atoms with van der Waals surface area (Å²) in [5, 5.41) is 1.77. The third kappa shape index (κ3) is 2.83. The van der Waals surface area contributed by atoms with Crippen LogP contribution >= 0.6 is 35.0 Å². The van der Waals surface area contributed by atoms with Crippen molar-refractivity contribution in [3.8, 4) is 0 Å². The molecule has 0 spiro atoms. The molecule has 0 aromatic heterocycles. The van der Waals surface area contributed by atoms with Gasteiger partial charge in [0, 0.05) is 18.2 Å². The molecule has 1 aliphatic carbocycles. The standard InChI is InChI=1S/C14H14Cl2N2OS/c15-11-5-4-10(8-12(11)16)17-14-18(6-7-20-14)13(19)9-2-1-3-9/h4-5,8-9H,1-3,6-7H2. The maximum atomic E-state index is 12.3. The van der Waals surface area contributed by atoms with Crippen molar-refractivity contribution in [2.45, 2.75) is 19.3 Å². The molecule has 1 aliphatic heterocycles. The number of carbonyl (C=O) groups excluding carboxylic acids is 1. The van der Waals surface area contributed by atoms with E-state index in [9.17, 15) is 4.79 Å². The fraction of sp³-hybridized carbons (Fsp3) is 0.429. The Hall–Kier alpha value is -0.710. The van der Waals surface area contributed by atoms with E-state index < -0.39 is 0 Å². The van der Waals surface area contributed by atoms with Gasteiger partial charge in [0.2, 0.25) is 5.91 Å². The van der Waals surface area contributed by atoms with Crippen molar-refractivity contribution in [1.82, 2.24) is 4.90 Å². The van der Waals surface area contributed by atoms with Gasteiger partial charge in [-0.25, -0.2) is 4.99 Å². The van der Waals surface area contributed by atoms with Crippen LogP contribution in [-0.2, 0) is 4.79 Å². The van der Waals surface area contributed by atoms with Gasteiger partial charge in [-0.2, -0.15) is 0 Å². The average molecular weight is 329 g/mol. The molecule has 1 amide bonds. The minimum Gasteiger partial charge on any atom is -0.290 e. The van der Waals surface area contributed by atoms with Crippen molar-refractivity contribution in [3.05, 3.63) is 28.2 Å². The van der Waals surface area contributed by atoms with Gasteiger partial charge >= 0.3 is 0 Å². The zero-order valence-corrected chi connectivity index (χ0v) is 13.1. The van der Waals surface area contributed by atoms with Crippen molar-refractivity contribution < 1.29 is 4.79 Å². The molecule has 0 unspecified atom stereocenters. The SMILES string of the molecule is O=C(C1CCC1)N1CCSC1=Nc1ccc(Cl)c(Cl)c1. The van der Waals surface area contributed by atoms with E-state index in [1.807, 2.05) is 11.0 Å². The predicted molar refractivity (Wildman–Crippen MR) is 85.1 cm³/mol. The maximum absolute atomic E-state index is 12.3. The van der Waals surface area contributed by atoms with Gasteiger partial charge in [0.25, 0.3) is 0 Å². The molecule has 2 aliphatic rings. The van der Waals surface area contributed by atoms with Gasteiger partial charge in [-0.05, 0) is 31.0 Å². The largest absolute Gasteiger partial charge is 0.290 e. The molecule has 0 radical (unpaired) electrons. The lowest BCUT2D eigenvalue weighted by atomic mass is 9.84. The molecule has 3 rings (SSSR count). The van der Waals surface area contributed by atoms with Crippen LogP contribution in [0.1, 0.15) is 19.3 Å². The van der Waals surface area contributed by atoms with Crippen molar-refractivity contribution in [2.24, 2.45) is 10.9 Å². The van der Waals surface area contributed by atoms with Crippen LogP contribution in [0.5, 0.6) is 0 Å². The predicted octanol–water partition coefficient (Wildman–Crippen LogP) is 4.36. The number of rotatable bonds is 2. The lowest BCUT2D eigenvalue weighted by molar-refractivity contribution is -0.133. The third-order valence-corrected chi connectivity index (χ3v) is 5.32. The Labute approximate surface area is 132 Å². The number of nitrogens with zero attached hydrogens (tertiary/aromatic N) is 2. The molecule has 0 atom stereocenters. The second-order valence-electron chi connectivity index (χ2n) is 4.96. The molecule has 1 aromatic rings. The fourth-order valence-corrected chi connectivity index (χ4v) is 3.50.